The van der Waals surface area contributed by atoms with E-state index in [1.807, 2.05) is 0 Å². The number of aromatic nitrogens is 2. The van der Waals surface area contributed by atoms with E-state index in [0.29, 0.717) is 50.0 Å². The van der Waals surface area contributed by atoms with Gasteiger partial charge in [0.05, 0.1) is 6.61 Å². The van der Waals surface area contributed by atoms with Gasteiger partial charge in [-0.25, -0.2) is 9.37 Å². The number of likely N-dealkylation sites (tertiary alicyclic amines) is 1. The van der Waals surface area contributed by atoms with E-state index in [2.05, 4.69) is 15.2 Å². The molecule has 244 valence electrons. The zero-order valence-corrected chi connectivity index (χ0v) is 26.7. The van der Waals surface area contributed by atoms with Crippen molar-refractivity contribution in [3.8, 4) is 5.75 Å². The third-order valence-electron chi connectivity index (χ3n) is 10.0. The number of halogens is 1. The zero-order chi connectivity index (χ0) is 32.7. The van der Waals surface area contributed by atoms with Crippen molar-refractivity contribution in [1.82, 2.24) is 29.6 Å². The van der Waals surface area contributed by atoms with E-state index < -0.39 is 40.3 Å². The van der Waals surface area contributed by atoms with Crippen LogP contribution in [0.3, 0.4) is 0 Å². The molecule has 13 heteroatoms. The van der Waals surface area contributed by atoms with E-state index in [9.17, 15) is 28.7 Å². The SMILES string of the molecule is COC[C@H]1CCCN1CC12CCC(N(C)C(=O)C(=O)N(C)C)(CC1)c1nc(C(=O)NCc3ccc(F)c(C)c3)c(O)c(=O)n1C2. The van der Waals surface area contributed by atoms with Gasteiger partial charge in [-0.2, -0.15) is 0 Å². The molecule has 0 unspecified atom stereocenters. The Bertz CT molecular complexity index is 1550. The number of carbonyl (C=O) groups is 3. The fourth-order valence-electron chi connectivity index (χ4n) is 7.34. The first kappa shape index (κ1) is 32.6. The summed E-state index contributed by atoms with van der Waals surface area (Å²) in [5.74, 6) is -3.21. The standard InChI is InChI=1S/C32H43FN6O6/c1-20-15-21(8-9-23(20)33)16-34-26(41)24-25(40)27(42)39-19-31(18-38-14-6-7-22(38)17-45-5)10-12-32(13-11-31,30(39)35-24)37(4)29(44)28(43)36(2)3/h8-9,15,22,40H,6-7,10-14,16-19H2,1-5H3,(H,34,41)/t22-,31?,32?/m1/s1. The van der Waals surface area contributed by atoms with Gasteiger partial charge in [-0.15, -0.1) is 0 Å². The number of amides is 3. The molecule has 3 aliphatic heterocycles. The van der Waals surface area contributed by atoms with Crippen LogP contribution in [0.15, 0.2) is 23.0 Å². The summed E-state index contributed by atoms with van der Waals surface area (Å²) in [6.07, 6.45) is 4.20. The Morgan fingerprint density at radius 3 is 2.51 bits per heavy atom. The third-order valence-corrected chi connectivity index (χ3v) is 10.0. The number of rotatable bonds is 8. The van der Waals surface area contributed by atoms with E-state index >= 15 is 0 Å². The molecule has 1 saturated heterocycles. The Morgan fingerprint density at radius 1 is 1.16 bits per heavy atom. The van der Waals surface area contributed by atoms with Crippen LogP contribution in [0.1, 0.15) is 66.0 Å². The second-order valence-electron chi connectivity index (χ2n) is 13.1. The van der Waals surface area contributed by atoms with Crippen molar-refractivity contribution in [3.05, 3.63) is 57.0 Å². The smallest absolute Gasteiger partial charge is 0.312 e. The normalized spacial score (nSPS) is 24.2. The highest BCUT2D eigenvalue weighted by atomic mass is 19.1. The van der Waals surface area contributed by atoms with Crippen molar-refractivity contribution in [1.29, 1.82) is 0 Å². The molecule has 12 nitrogen and oxygen atoms in total. The quantitative estimate of drug-likeness (QED) is 0.423. The number of likely N-dealkylation sites (N-methyl/N-ethyl adjacent to an activating group) is 2. The lowest BCUT2D eigenvalue weighted by Gasteiger charge is -2.47. The maximum Gasteiger partial charge on any atom is 0.312 e. The molecule has 2 fully saturated rings. The summed E-state index contributed by atoms with van der Waals surface area (Å²) in [6, 6.07) is 4.70. The second-order valence-corrected chi connectivity index (χ2v) is 13.1. The maximum absolute atomic E-state index is 13.9. The highest BCUT2D eigenvalue weighted by Crippen LogP contribution is 2.52. The summed E-state index contributed by atoms with van der Waals surface area (Å²) in [7, 11) is 6.22. The van der Waals surface area contributed by atoms with Gasteiger partial charge in [0.1, 0.15) is 17.2 Å². The lowest BCUT2D eigenvalue weighted by atomic mass is 9.67. The molecular weight excluding hydrogens is 583 g/mol. The van der Waals surface area contributed by atoms with Crippen LogP contribution in [0.2, 0.25) is 0 Å². The van der Waals surface area contributed by atoms with E-state index in [-0.39, 0.29) is 36.2 Å². The number of hydrogen-bond acceptors (Lipinski definition) is 8. The molecule has 1 aromatic carbocycles. The number of ether oxygens (including phenoxy) is 1. The number of carbonyl (C=O) groups excluding carboxylic acids is 3. The van der Waals surface area contributed by atoms with Crippen LogP contribution in [0.4, 0.5) is 4.39 Å². The van der Waals surface area contributed by atoms with Gasteiger partial charge in [0.15, 0.2) is 5.69 Å². The molecule has 1 aliphatic carbocycles. The van der Waals surface area contributed by atoms with Crippen LogP contribution in [-0.2, 0) is 33.0 Å². The first-order valence-corrected chi connectivity index (χ1v) is 15.4. The van der Waals surface area contributed by atoms with E-state index in [1.165, 1.54) is 47.6 Å². The van der Waals surface area contributed by atoms with Crippen LogP contribution >= 0.6 is 0 Å². The Hall–Kier alpha value is -3.84. The molecule has 2 N–H and O–H groups in total. The average molecular weight is 627 g/mol. The van der Waals surface area contributed by atoms with Gasteiger partial charge in [0.2, 0.25) is 5.75 Å². The summed E-state index contributed by atoms with van der Waals surface area (Å²) in [5, 5.41) is 13.8. The number of benzene rings is 1. The Labute approximate surface area is 262 Å². The molecule has 2 bridgehead atoms. The summed E-state index contributed by atoms with van der Waals surface area (Å²) >= 11 is 0. The predicted octanol–water partition coefficient (Wildman–Crippen LogP) is 1.75. The van der Waals surface area contributed by atoms with Crippen molar-refractivity contribution in [2.45, 2.75) is 70.1 Å². The molecule has 0 spiro atoms. The molecule has 3 amide bonds. The van der Waals surface area contributed by atoms with Crippen molar-refractivity contribution in [3.63, 3.8) is 0 Å². The summed E-state index contributed by atoms with van der Waals surface area (Å²) in [5.41, 5.74) is -1.69. The minimum absolute atomic E-state index is 0.0158. The number of aromatic hydroxyl groups is 1. The molecule has 2 aromatic rings. The number of nitrogens with one attached hydrogen (secondary N) is 1. The molecular formula is C32H43FN6O6. The lowest BCUT2D eigenvalue weighted by Crippen LogP contribution is -2.55. The van der Waals surface area contributed by atoms with Gasteiger partial charge in [-0.3, -0.25) is 28.6 Å². The zero-order valence-electron chi connectivity index (χ0n) is 26.7. The molecule has 1 aromatic heterocycles. The molecule has 45 heavy (non-hydrogen) atoms. The highest BCUT2D eigenvalue weighted by molar-refractivity contribution is 6.34. The molecule has 0 radical (unpaired) electrons. The fraction of sp³-hybridized carbons (Fsp3) is 0.594. The van der Waals surface area contributed by atoms with Crippen LogP contribution in [0, 0.1) is 18.2 Å². The predicted molar refractivity (Wildman–Crippen MR) is 163 cm³/mol. The number of methoxy groups -OCH3 is 1. The number of aryl methyl sites for hydroxylation is 1. The Morgan fingerprint density at radius 2 is 1.87 bits per heavy atom. The van der Waals surface area contributed by atoms with Gasteiger partial charge in [0.25, 0.3) is 11.5 Å². The van der Waals surface area contributed by atoms with Gasteiger partial charge in [-0.05, 0) is 69.2 Å². The van der Waals surface area contributed by atoms with Gasteiger partial charge in [0, 0.05) is 59.3 Å². The minimum Gasteiger partial charge on any atom is -0.501 e. The molecule has 4 aliphatic rings. The molecule has 1 atom stereocenters. The largest absolute Gasteiger partial charge is 0.501 e. The number of nitrogens with zero attached hydrogens (tertiary/aromatic N) is 5. The van der Waals surface area contributed by atoms with Crippen LogP contribution < -0.4 is 10.9 Å². The van der Waals surface area contributed by atoms with Crippen molar-refractivity contribution in [2.24, 2.45) is 5.41 Å². The Balaban J connectivity index is 1.55. The van der Waals surface area contributed by atoms with Crippen molar-refractivity contribution in [2.75, 3.05) is 47.9 Å². The molecule has 4 heterocycles. The number of fused-ring (bicyclic) bond motifs is 2. The second kappa shape index (κ2) is 12.5. The fourth-order valence-corrected chi connectivity index (χ4v) is 7.34. The highest BCUT2D eigenvalue weighted by Gasteiger charge is 2.55. The van der Waals surface area contributed by atoms with E-state index in [1.54, 1.807) is 20.1 Å². The van der Waals surface area contributed by atoms with Crippen molar-refractivity contribution >= 4 is 17.7 Å². The minimum atomic E-state index is -1.16. The molecule has 1 saturated carbocycles. The van der Waals surface area contributed by atoms with Crippen LogP contribution in [-0.4, -0.2) is 101 Å². The van der Waals surface area contributed by atoms with Gasteiger partial charge < -0.3 is 25.0 Å². The van der Waals surface area contributed by atoms with Gasteiger partial charge in [-0.1, -0.05) is 12.1 Å². The average Bonchev–Trinajstić information content (AvgIpc) is 3.33. The monoisotopic (exact) mass is 626 g/mol. The topological polar surface area (TPSA) is 137 Å². The third kappa shape index (κ3) is 5.95. The summed E-state index contributed by atoms with van der Waals surface area (Å²) in [6.45, 7) is 4.11. The number of hydrogen-bond donors (Lipinski definition) is 2. The summed E-state index contributed by atoms with van der Waals surface area (Å²) in [4.78, 5) is 63.3. The van der Waals surface area contributed by atoms with E-state index in [4.69, 9.17) is 4.74 Å². The van der Waals surface area contributed by atoms with Crippen LogP contribution in [0.5, 0.6) is 5.75 Å². The first-order chi connectivity index (χ1) is 21.3. The van der Waals surface area contributed by atoms with Gasteiger partial charge >= 0.3 is 11.8 Å². The Kier molecular flexibility index (Phi) is 9.05. The first-order valence-electron chi connectivity index (χ1n) is 15.4. The summed E-state index contributed by atoms with van der Waals surface area (Å²) < 4.78 is 20.6. The maximum atomic E-state index is 13.9. The van der Waals surface area contributed by atoms with E-state index in [0.717, 1.165) is 19.4 Å². The van der Waals surface area contributed by atoms with Crippen LogP contribution in [0.25, 0.3) is 0 Å². The lowest BCUT2D eigenvalue weighted by molar-refractivity contribution is -0.155. The van der Waals surface area contributed by atoms with Crippen molar-refractivity contribution < 1.29 is 28.6 Å². The molecule has 6 rings (SSSR count).